The van der Waals surface area contributed by atoms with E-state index in [9.17, 15) is 4.79 Å². The average Bonchev–Trinajstić information content (AvgIpc) is 3.01. The number of aryl methyl sites for hydroxylation is 3. The van der Waals surface area contributed by atoms with Gasteiger partial charge in [-0.15, -0.1) is 0 Å². The highest BCUT2D eigenvalue weighted by Crippen LogP contribution is 2.22. The molecule has 1 amide bonds. The van der Waals surface area contributed by atoms with Crippen LogP contribution in [0.4, 0.5) is 5.82 Å². The van der Waals surface area contributed by atoms with E-state index in [4.69, 9.17) is 10.2 Å². The summed E-state index contributed by atoms with van der Waals surface area (Å²) in [6, 6.07) is 3.77. The third kappa shape index (κ3) is 3.47. The highest BCUT2D eigenvalue weighted by Gasteiger charge is 2.19. The van der Waals surface area contributed by atoms with Crippen molar-refractivity contribution in [3.05, 3.63) is 52.9 Å². The number of hydrogen-bond donors (Lipinski definition) is 2. The molecule has 0 fully saturated rings. The van der Waals surface area contributed by atoms with Crippen molar-refractivity contribution in [3.63, 3.8) is 0 Å². The molecule has 8 nitrogen and oxygen atoms in total. The Balaban J connectivity index is 1.81. The molecular weight excluding hydrogens is 320 g/mol. The van der Waals surface area contributed by atoms with Gasteiger partial charge in [0, 0.05) is 6.20 Å². The standard InChI is InChI=1S/C17H18N6O2/c1-9-5-4-6-19-12(9)8-20-16(24)14-15(18)23-13(11(3)22-14)17-21-7-10(2)25-17/h4-7H,8H2,1-3H3,(H2,18,23)(H,20,24). The quantitative estimate of drug-likeness (QED) is 0.746. The van der Waals surface area contributed by atoms with E-state index in [1.807, 2.05) is 19.1 Å². The Kier molecular flexibility index (Phi) is 4.42. The first kappa shape index (κ1) is 16.6. The van der Waals surface area contributed by atoms with Crippen molar-refractivity contribution in [1.82, 2.24) is 25.3 Å². The van der Waals surface area contributed by atoms with Crippen LogP contribution in [-0.4, -0.2) is 25.8 Å². The number of rotatable bonds is 4. The second kappa shape index (κ2) is 6.68. The van der Waals surface area contributed by atoms with Crippen molar-refractivity contribution < 1.29 is 9.21 Å². The molecule has 128 valence electrons. The van der Waals surface area contributed by atoms with Crippen molar-refractivity contribution in [3.8, 4) is 11.6 Å². The van der Waals surface area contributed by atoms with Crippen LogP contribution in [0, 0.1) is 20.8 Å². The van der Waals surface area contributed by atoms with Crippen LogP contribution in [0.5, 0.6) is 0 Å². The number of hydrogen-bond acceptors (Lipinski definition) is 7. The molecule has 3 heterocycles. The lowest BCUT2D eigenvalue weighted by Gasteiger charge is -2.09. The maximum Gasteiger partial charge on any atom is 0.274 e. The molecule has 3 aromatic heterocycles. The van der Waals surface area contributed by atoms with Gasteiger partial charge >= 0.3 is 0 Å². The van der Waals surface area contributed by atoms with Crippen LogP contribution in [0.3, 0.4) is 0 Å². The lowest BCUT2D eigenvalue weighted by molar-refractivity contribution is 0.0946. The summed E-state index contributed by atoms with van der Waals surface area (Å²) in [7, 11) is 0. The van der Waals surface area contributed by atoms with Crippen molar-refractivity contribution >= 4 is 11.7 Å². The Morgan fingerprint density at radius 3 is 2.72 bits per heavy atom. The van der Waals surface area contributed by atoms with Crippen molar-refractivity contribution in [2.24, 2.45) is 0 Å². The molecule has 0 aromatic carbocycles. The number of nitrogen functional groups attached to an aromatic ring is 1. The number of aromatic nitrogens is 4. The highest BCUT2D eigenvalue weighted by atomic mass is 16.4. The van der Waals surface area contributed by atoms with Crippen LogP contribution in [0.25, 0.3) is 11.6 Å². The lowest BCUT2D eigenvalue weighted by atomic mass is 10.2. The van der Waals surface area contributed by atoms with Gasteiger partial charge in [-0.3, -0.25) is 9.78 Å². The lowest BCUT2D eigenvalue weighted by Crippen LogP contribution is -2.26. The van der Waals surface area contributed by atoms with Crippen LogP contribution >= 0.6 is 0 Å². The molecule has 0 aliphatic carbocycles. The molecule has 0 unspecified atom stereocenters. The molecule has 0 atom stereocenters. The maximum absolute atomic E-state index is 12.4. The normalized spacial score (nSPS) is 10.7. The third-order valence-corrected chi connectivity index (χ3v) is 3.67. The summed E-state index contributed by atoms with van der Waals surface area (Å²) < 4.78 is 5.45. The van der Waals surface area contributed by atoms with E-state index in [-0.39, 0.29) is 18.1 Å². The van der Waals surface area contributed by atoms with Gasteiger partial charge in [-0.05, 0) is 32.4 Å². The Bertz CT molecular complexity index is 935. The largest absolute Gasteiger partial charge is 0.440 e. The van der Waals surface area contributed by atoms with Crippen molar-refractivity contribution in [2.75, 3.05) is 5.73 Å². The number of oxazole rings is 1. The van der Waals surface area contributed by atoms with Crippen LogP contribution < -0.4 is 11.1 Å². The second-order valence-electron chi connectivity index (χ2n) is 5.62. The maximum atomic E-state index is 12.4. The first-order valence-electron chi connectivity index (χ1n) is 7.71. The second-order valence-corrected chi connectivity index (χ2v) is 5.62. The summed E-state index contributed by atoms with van der Waals surface area (Å²) in [4.78, 5) is 29.3. The smallest absolute Gasteiger partial charge is 0.274 e. The molecule has 8 heteroatoms. The molecule has 3 aromatic rings. The SMILES string of the molecule is Cc1cnc(-c2nc(N)c(C(=O)NCc3ncccc3C)nc2C)o1. The number of nitrogens with one attached hydrogen (secondary N) is 1. The van der Waals surface area contributed by atoms with E-state index in [1.165, 1.54) is 0 Å². The van der Waals surface area contributed by atoms with Gasteiger partial charge in [0.05, 0.1) is 24.1 Å². The van der Waals surface area contributed by atoms with Crippen LogP contribution in [-0.2, 0) is 6.54 Å². The number of nitrogens with two attached hydrogens (primary N) is 1. The minimum absolute atomic E-state index is 0.0201. The van der Waals surface area contributed by atoms with Gasteiger partial charge in [-0.25, -0.2) is 15.0 Å². The molecule has 0 bridgehead atoms. The molecule has 3 rings (SSSR count). The summed E-state index contributed by atoms with van der Waals surface area (Å²) >= 11 is 0. The van der Waals surface area contributed by atoms with E-state index in [2.05, 4.69) is 25.3 Å². The number of pyridine rings is 1. The third-order valence-electron chi connectivity index (χ3n) is 3.67. The number of carbonyl (C=O) groups excluding carboxylic acids is 1. The van der Waals surface area contributed by atoms with Crippen LogP contribution in [0.15, 0.2) is 28.9 Å². The first-order chi connectivity index (χ1) is 12.0. The Morgan fingerprint density at radius 2 is 2.04 bits per heavy atom. The Morgan fingerprint density at radius 1 is 1.24 bits per heavy atom. The highest BCUT2D eigenvalue weighted by molar-refractivity contribution is 5.96. The van der Waals surface area contributed by atoms with Gasteiger partial charge < -0.3 is 15.5 Å². The zero-order valence-corrected chi connectivity index (χ0v) is 14.2. The van der Waals surface area contributed by atoms with Gasteiger partial charge in [0.15, 0.2) is 11.5 Å². The van der Waals surface area contributed by atoms with Gasteiger partial charge in [0.2, 0.25) is 5.89 Å². The molecule has 0 radical (unpaired) electrons. The fourth-order valence-electron chi connectivity index (χ4n) is 2.32. The zero-order valence-electron chi connectivity index (χ0n) is 14.2. The average molecular weight is 338 g/mol. The minimum atomic E-state index is -0.409. The van der Waals surface area contributed by atoms with Gasteiger partial charge in [-0.2, -0.15) is 0 Å². The molecule has 0 aliphatic heterocycles. The number of amides is 1. The van der Waals surface area contributed by atoms with E-state index in [0.29, 0.717) is 23.0 Å². The fraction of sp³-hybridized carbons (Fsp3) is 0.235. The number of anilines is 1. The van der Waals surface area contributed by atoms with Crippen LogP contribution in [0.2, 0.25) is 0 Å². The van der Waals surface area contributed by atoms with Crippen LogP contribution in [0.1, 0.15) is 33.2 Å². The minimum Gasteiger partial charge on any atom is -0.440 e. The molecule has 0 spiro atoms. The van der Waals surface area contributed by atoms with Gasteiger partial charge in [-0.1, -0.05) is 6.07 Å². The summed E-state index contributed by atoms with van der Waals surface area (Å²) in [6.45, 7) is 5.72. The van der Waals surface area contributed by atoms with E-state index in [1.54, 1.807) is 26.2 Å². The zero-order chi connectivity index (χ0) is 18.0. The predicted octanol–water partition coefficient (Wildman–Crippen LogP) is 1.96. The summed E-state index contributed by atoms with van der Waals surface area (Å²) in [5.74, 6) is 0.590. The topological polar surface area (TPSA) is 120 Å². The van der Waals surface area contributed by atoms with Crippen molar-refractivity contribution in [2.45, 2.75) is 27.3 Å². The molecule has 0 saturated heterocycles. The summed E-state index contributed by atoms with van der Waals surface area (Å²) in [5.41, 5.74) is 8.69. The molecule has 0 saturated carbocycles. The van der Waals surface area contributed by atoms with Gasteiger partial charge in [0.1, 0.15) is 11.5 Å². The molecule has 0 aliphatic rings. The number of carbonyl (C=O) groups is 1. The van der Waals surface area contributed by atoms with Crippen molar-refractivity contribution in [1.29, 1.82) is 0 Å². The first-order valence-corrected chi connectivity index (χ1v) is 7.71. The fourth-order valence-corrected chi connectivity index (χ4v) is 2.32. The van der Waals surface area contributed by atoms with Gasteiger partial charge in [0.25, 0.3) is 5.91 Å². The van der Waals surface area contributed by atoms with E-state index >= 15 is 0 Å². The monoisotopic (exact) mass is 338 g/mol. The van der Waals surface area contributed by atoms with E-state index < -0.39 is 5.91 Å². The Hall–Kier alpha value is -3.29. The van der Waals surface area contributed by atoms with E-state index in [0.717, 1.165) is 11.3 Å². The Labute approximate surface area is 144 Å². The molecule has 3 N–H and O–H groups in total. The summed E-state index contributed by atoms with van der Waals surface area (Å²) in [6.07, 6.45) is 3.27. The molecule has 25 heavy (non-hydrogen) atoms. The molecular formula is C17H18N6O2. The summed E-state index contributed by atoms with van der Waals surface area (Å²) in [5, 5.41) is 2.76. The number of nitrogens with zero attached hydrogens (tertiary/aromatic N) is 4. The predicted molar refractivity (Wildman–Crippen MR) is 91.6 cm³/mol.